The smallest absolute Gasteiger partial charge is 0.298 e. The second-order valence-electron chi connectivity index (χ2n) is 6.06. The SMILES string of the molecule is Cc1ccc([N+](=O)[O-])c(C(=O)Nc2ccc3c(O)c(S(=O)(=O)O)ccc3c2)c1. The van der Waals surface area contributed by atoms with Gasteiger partial charge in [-0.2, -0.15) is 8.42 Å². The predicted molar refractivity (Wildman–Crippen MR) is 101 cm³/mol. The number of benzene rings is 3. The Kier molecular flexibility index (Phi) is 4.75. The Morgan fingerprint density at radius 1 is 1.11 bits per heavy atom. The van der Waals surface area contributed by atoms with Crippen LogP contribution in [0.25, 0.3) is 10.8 Å². The van der Waals surface area contributed by atoms with Crippen molar-refractivity contribution in [2.45, 2.75) is 11.8 Å². The minimum Gasteiger partial charge on any atom is -0.506 e. The van der Waals surface area contributed by atoms with Crippen LogP contribution in [0.1, 0.15) is 15.9 Å². The van der Waals surface area contributed by atoms with E-state index in [0.29, 0.717) is 10.9 Å². The van der Waals surface area contributed by atoms with Gasteiger partial charge in [-0.1, -0.05) is 12.1 Å². The molecule has 3 aromatic carbocycles. The van der Waals surface area contributed by atoms with Crippen molar-refractivity contribution in [1.29, 1.82) is 0 Å². The monoisotopic (exact) mass is 402 g/mol. The van der Waals surface area contributed by atoms with Gasteiger partial charge in [-0.25, -0.2) is 0 Å². The molecule has 1 amide bonds. The number of hydrogen-bond acceptors (Lipinski definition) is 6. The standard InChI is InChI=1S/C18H14N2O7S/c1-10-2-6-15(20(23)24)14(8-10)18(22)19-12-4-5-13-11(9-12)3-7-16(17(13)21)28(25,26)27/h2-9,21H,1H3,(H,19,22)(H,25,26,27). The van der Waals surface area contributed by atoms with Crippen molar-refractivity contribution in [3.8, 4) is 5.75 Å². The van der Waals surface area contributed by atoms with Gasteiger partial charge in [0.15, 0.2) is 0 Å². The topological polar surface area (TPSA) is 147 Å². The van der Waals surface area contributed by atoms with Crippen LogP contribution in [0.4, 0.5) is 11.4 Å². The largest absolute Gasteiger partial charge is 0.506 e. The van der Waals surface area contributed by atoms with Gasteiger partial charge >= 0.3 is 0 Å². The highest BCUT2D eigenvalue weighted by Crippen LogP contribution is 2.33. The van der Waals surface area contributed by atoms with Crippen molar-refractivity contribution < 1.29 is 27.8 Å². The third-order valence-electron chi connectivity index (χ3n) is 4.08. The summed E-state index contributed by atoms with van der Waals surface area (Å²) < 4.78 is 31.7. The summed E-state index contributed by atoms with van der Waals surface area (Å²) in [5.41, 5.74) is 0.526. The minimum atomic E-state index is -4.59. The molecule has 0 aliphatic rings. The molecule has 0 aliphatic heterocycles. The summed E-state index contributed by atoms with van der Waals surface area (Å²) in [6.45, 7) is 1.70. The number of carbonyl (C=O) groups is 1. The number of carbonyl (C=O) groups excluding carboxylic acids is 1. The lowest BCUT2D eigenvalue weighted by molar-refractivity contribution is -0.385. The van der Waals surface area contributed by atoms with Crippen molar-refractivity contribution in [1.82, 2.24) is 0 Å². The molecule has 0 radical (unpaired) electrons. The van der Waals surface area contributed by atoms with E-state index in [4.69, 9.17) is 4.55 Å². The van der Waals surface area contributed by atoms with Crippen LogP contribution in [-0.2, 0) is 10.1 Å². The molecule has 0 spiro atoms. The number of nitrogens with zero attached hydrogens (tertiary/aromatic N) is 1. The van der Waals surface area contributed by atoms with E-state index >= 15 is 0 Å². The maximum absolute atomic E-state index is 12.5. The van der Waals surface area contributed by atoms with Gasteiger partial charge in [0, 0.05) is 17.1 Å². The maximum Gasteiger partial charge on any atom is 0.298 e. The molecule has 0 unspecified atom stereocenters. The zero-order valence-corrected chi connectivity index (χ0v) is 15.2. The Hall–Kier alpha value is -3.50. The van der Waals surface area contributed by atoms with Crippen molar-refractivity contribution in [2.24, 2.45) is 0 Å². The number of nitro benzene ring substituents is 1. The number of nitrogens with one attached hydrogen (secondary N) is 1. The highest BCUT2D eigenvalue weighted by Gasteiger charge is 2.21. The van der Waals surface area contributed by atoms with Crippen molar-refractivity contribution >= 4 is 38.2 Å². The Balaban J connectivity index is 1.99. The fraction of sp³-hybridized carbons (Fsp3) is 0.0556. The van der Waals surface area contributed by atoms with E-state index in [-0.39, 0.29) is 22.3 Å². The number of aromatic hydroxyl groups is 1. The first-order valence-electron chi connectivity index (χ1n) is 7.87. The van der Waals surface area contributed by atoms with Crippen LogP contribution in [0.5, 0.6) is 5.75 Å². The van der Waals surface area contributed by atoms with Crippen molar-refractivity contribution in [3.05, 3.63) is 69.8 Å². The molecular formula is C18H14N2O7S. The molecule has 0 saturated carbocycles. The summed E-state index contributed by atoms with van der Waals surface area (Å²) in [4.78, 5) is 22.4. The molecule has 3 rings (SSSR count). The number of phenols is 1. The summed E-state index contributed by atoms with van der Waals surface area (Å²) >= 11 is 0. The van der Waals surface area contributed by atoms with Crippen LogP contribution in [-0.4, -0.2) is 28.9 Å². The van der Waals surface area contributed by atoms with E-state index in [9.17, 15) is 28.4 Å². The van der Waals surface area contributed by atoms with E-state index in [1.54, 1.807) is 6.92 Å². The summed E-state index contributed by atoms with van der Waals surface area (Å²) in [5, 5.41) is 24.3. The summed E-state index contributed by atoms with van der Waals surface area (Å²) in [5.74, 6) is -1.30. The van der Waals surface area contributed by atoms with Gasteiger partial charge in [0.25, 0.3) is 21.7 Å². The quantitative estimate of drug-likeness (QED) is 0.345. The lowest BCUT2D eigenvalue weighted by Crippen LogP contribution is -2.14. The lowest BCUT2D eigenvalue weighted by Gasteiger charge is -2.10. The molecule has 0 aromatic heterocycles. The fourth-order valence-electron chi connectivity index (χ4n) is 2.77. The molecule has 28 heavy (non-hydrogen) atoms. The van der Waals surface area contributed by atoms with Crippen LogP contribution < -0.4 is 5.32 Å². The zero-order chi connectivity index (χ0) is 20.6. The van der Waals surface area contributed by atoms with Gasteiger partial charge < -0.3 is 10.4 Å². The Morgan fingerprint density at radius 2 is 1.82 bits per heavy atom. The number of nitro groups is 1. The normalized spacial score (nSPS) is 11.4. The lowest BCUT2D eigenvalue weighted by atomic mass is 10.1. The molecule has 3 aromatic rings. The van der Waals surface area contributed by atoms with Crippen LogP contribution in [0.3, 0.4) is 0 Å². The Labute approximate surface area is 159 Å². The Bertz CT molecular complexity index is 1240. The van der Waals surface area contributed by atoms with Gasteiger partial charge in [0.2, 0.25) is 0 Å². The molecule has 0 bridgehead atoms. The van der Waals surface area contributed by atoms with E-state index in [1.165, 1.54) is 42.5 Å². The highest BCUT2D eigenvalue weighted by atomic mass is 32.2. The summed E-state index contributed by atoms with van der Waals surface area (Å²) in [7, 11) is -4.59. The first-order valence-corrected chi connectivity index (χ1v) is 9.31. The van der Waals surface area contributed by atoms with Crippen LogP contribution in [0.15, 0.2) is 53.4 Å². The molecule has 9 nitrogen and oxygen atoms in total. The van der Waals surface area contributed by atoms with E-state index < -0.39 is 31.6 Å². The third kappa shape index (κ3) is 3.63. The number of amides is 1. The molecule has 0 heterocycles. The first kappa shape index (κ1) is 19.3. The van der Waals surface area contributed by atoms with Crippen LogP contribution in [0.2, 0.25) is 0 Å². The van der Waals surface area contributed by atoms with Crippen molar-refractivity contribution in [2.75, 3.05) is 5.32 Å². The second kappa shape index (κ2) is 6.91. The van der Waals surface area contributed by atoms with Crippen LogP contribution in [0, 0.1) is 17.0 Å². The first-order chi connectivity index (χ1) is 13.1. The number of fused-ring (bicyclic) bond motifs is 1. The number of rotatable bonds is 4. The number of anilines is 1. The number of phenolic OH excluding ortho intramolecular Hbond substituents is 1. The second-order valence-corrected chi connectivity index (χ2v) is 7.45. The summed E-state index contributed by atoms with van der Waals surface area (Å²) in [6, 6.07) is 10.8. The predicted octanol–water partition coefficient (Wildman–Crippen LogP) is 3.26. The van der Waals surface area contributed by atoms with Crippen molar-refractivity contribution in [3.63, 3.8) is 0 Å². The zero-order valence-electron chi connectivity index (χ0n) is 14.4. The molecule has 0 saturated heterocycles. The molecule has 0 aliphatic carbocycles. The van der Waals surface area contributed by atoms with Gasteiger partial charge in [0.1, 0.15) is 16.2 Å². The molecule has 0 fully saturated rings. The van der Waals surface area contributed by atoms with Crippen LogP contribution >= 0.6 is 0 Å². The highest BCUT2D eigenvalue weighted by molar-refractivity contribution is 7.86. The fourth-order valence-corrected chi connectivity index (χ4v) is 3.36. The molecule has 10 heteroatoms. The molecule has 3 N–H and O–H groups in total. The third-order valence-corrected chi connectivity index (χ3v) is 4.97. The average molecular weight is 402 g/mol. The Morgan fingerprint density at radius 3 is 2.46 bits per heavy atom. The summed E-state index contributed by atoms with van der Waals surface area (Å²) in [6.07, 6.45) is 0. The number of aryl methyl sites for hydroxylation is 1. The molecule has 144 valence electrons. The maximum atomic E-state index is 12.5. The number of hydrogen-bond donors (Lipinski definition) is 3. The van der Waals surface area contributed by atoms with E-state index in [0.717, 1.165) is 6.07 Å². The average Bonchev–Trinajstić information content (AvgIpc) is 2.60. The molecular weight excluding hydrogens is 388 g/mol. The van der Waals surface area contributed by atoms with Gasteiger partial charge in [-0.15, -0.1) is 0 Å². The minimum absolute atomic E-state index is 0.102. The van der Waals surface area contributed by atoms with E-state index in [1.807, 2.05) is 0 Å². The van der Waals surface area contributed by atoms with E-state index in [2.05, 4.69) is 5.32 Å². The molecule has 0 atom stereocenters. The van der Waals surface area contributed by atoms with Gasteiger partial charge in [-0.05, 0) is 48.2 Å². The van der Waals surface area contributed by atoms with Gasteiger partial charge in [0.05, 0.1) is 4.92 Å². The van der Waals surface area contributed by atoms with Gasteiger partial charge in [-0.3, -0.25) is 19.5 Å².